The second kappa shape index (κ2) is 4.65. The molecule has 1 aromatic rings. The van der Waals surface area contributed by atoms with Crippen LogP contribution in [0.2, 0.25) is 0 Å². The number of aromatic carboxylic acids is 1. The molecular weight excluding hydrogens is 230 g/mol. The van der Waals surface area contributed by atoms with Crippen LogP contribution in [0.25, 0.3) is 0 Å². The van der Waals surface area contributed by atoms with Crippen LogP contribution in [0.4, 0.5) is 5.82 Å². The number of nitrogens with zero attached hydrogens (tertiary/aromatic N) is 3. The van der Waals surface area contributed by atoms with Gasteiger partial charge in [0.25, 0.3) is 0 Å². The maximum Gasteiger partial charge on any atom is 0.354 e. The molecule has 0 amide bonds. The van der Waals surface area contributed by atoms with Crippen LogP contribution >= 0.6 is 0 Å². The molecule has 94 valence electrons. The molecule has 0 unspecified atom stereocenters. The van der Waals surface area contributed by atoms with Crippen molar-refractivity contribution < 1.29 is 9.90 Å². The molecular formula is C13H15N3O2. The molecule has 0 radical (unpaired) electrons. The molecule has 0 spiro atoms. The van der Waals surface area contributed by atoms with E-state index < -0.39 is 5.97 Å². The third kappa shape index (κ3) is 2.43. The van der Waals surface area contributed by atoms with Crippen LogP contribution in [-0.4, -0.2) is 29.1 Å². The van der Waals surface area contributed by atoms with Crippen molar-refractivity contribution in [2.45, 2.75) is 19.8 Å². The lowest BCUT2D eigenvalue weighted by atomic mass is 9.82. The monoisotopic (exact) mass is 245 g/mol. The first-order chi connectivity index (χ1) is 8.54. The number of anilines is 1. The van der Waals surface area contributed by atoms with Gasteiger partial charge in [0.05, 0.1) is 11.5 Å². The van der Waals surface area contributed by atoms with Gasteiger partial charge >= 0.3 is 5.97 Å². The van der Waals surface area contributed by atoms with Gasteiger partial charge in [0.1, 0.15) is 5.82 Å². The molecule has 2 heterocycles. The van der Waals surface area contributed by atoms with E-state index in [9.17, 15) is 4.79 Å². The predicted molar refractivity (Wildman–Crippen MR) is 66.4 cm³/mol. The van der Waals surface area contributed by atoms with Crippen molar-refractivity contribution in [3.63, 3.8) is 0 Å². The SMILES string of the molecule is CC1(C#N)CCN(c2cccc(C(=O)O)n2)CC1. The van der Waals surface area contributed by atoms with E-state index in [-0.39, 0.29) is 11.1 Å². The molecule has 5 heteroatoms. The maximum absolute atomic E-state index is 10.9. The Morgan fingerprint density at radius 2 is 2.17 bits per heavy atom. The summed E-state index contributed by atoms with van der Waals surface area (Å²) in [7, 11) is 0. The number of carboxylic acids is 1. The number of hydrogen-bond donors (Lipinski definition) is 1. The Labute approximate surface area is 106 Å². The van der Waals surface area contributed by atoms with E-state index >= 15 is 0 Å². The van der Waals surface area contributed by atoms with Crippen molar-refractivity contribution >= 4 is 11.8 Å². The zero-order valence-electron chi connectivity index (χ0n) is 10.3. The standard InChI is InChI=1S/C13H15N3O2/c1-13(9-14)5-7-16(8-6-13)11-4-2-3-10(15-11)12(17)18/h2-4H,5-8H2,1H3,(H,17,18). The lowest BCUT2D eigenvalue weighted by Crippen LogP contribution is -2.38. The molecule has 18 heavy (non-hydrogen) atoms. The van der Waals surface area contributed by atoms with Crippen LogP contribution in [0.5, 0.6) is 0 Å². The van der Waals surface area contributed by atoms with E-state index in [1.807, 2.05) is 17.9 Å². The summed E-state index contributed by atoms with van der Waals surface area (Å²) in [6.45, 7) is 3.44. The van der Waals surface area contributed by atoms with Crippen LogP contribution in [0.1, 0.15) is 30.3 Å². The quantitative estimate of drug-likeness (QED) is 0.861. The molecule has 0 bridgehead atoms. The Kier molecular flexibility index (Phi) is 3.19. The fraction of sp³-hybridized carbons (Fsp3) is 0.462. The fourth-order valence-corrected chi connectivity index (χ4v) is 2.06. The lowest BCUT2D eigenvalue weighted by molar-refractivity contribution is 0.0690. The molecule has 0 atom stereocenters. The van der Waals surface area contributed by atoms with Crippen molar-refractivity contribution in [1.29, 1.82) is 5.26 Å². The summed E-state index contributed by atoms with van der Waals surface area (Å²) in [5, 5.41) is 18.0. The highest BCUT2D eigenvalue weighted by Gasteiger charge is 2.30. The predicted octanol–water partition coefficient (Wildman–Crippen LogP) is 1.91. The topological polar surface area (TPSA) is 77.2 Å². The number of piperidine rings is 1. The Morgan fingerprint density at radius 3 is 2.72 bits per heavy atom. The molecule has 1 N–H and O–H groups in total. The van der Waals surface area contributed by atoms with Crippen molar-refractivity contribution in [3.8, 4) is 6.07 Å². The molecule has 1 saturated heterocycles. The Bertz CT molecular complexity index is 499. The van der Waals surface area contributed by atoms with E-state index in [1.165, 1.54) is 6.07 Å². The van der Waals surface area contributed by atoms with Crippen molar-refractivity contribution in [1.82, 2.24) is 4.98 Å². The molecule has 1 aliphatic rings. The molecule has 1 aromatic heterocycles. The Hall–Kier alpha value is -2.09. The van der Waals surface area contributed by atoms with Crippen molar-refractivity contribution in [2.24, 2.45) is 5.41 Å². The normalized spacial score (nSPS) is 18.1. The lowest BCUT2D eigenvalue weighted by Gasteiger charge is -2.35. The second-order valence-electron chi connectivity index (χ2n) is 4.85. The van der Waals surface area contributed by atoms with Gasteiger partial charge < -0.3 is 10.0 Å². The summed E-state index contributed by atoms with van der Waals surface area (Å²) in [5.41, 5.74) is -0.206. The number of aromatic nitrogens is 1. The van der Waals surface area contributed by atoms with Crippen molar-refractivity contribution in [2.75, 3.05) is 18.0 Å². The van der Waals surface area contributed by atoms with E-state index in [1.54, 1.807) is 6.07 Å². The van der Waals surface area contributed by atoms with E-state index in [0.29, 0.717) is 5.82 Å². The number of hydrogen-bond acceptors (Lipinski definition) is 4. The summed E-state index contributed by atoms with van der Waals surface area (Å²) in [6, 6.07) is 7.33. The zero-order valence-corrected chi connectivity index (χ0v) is 10.3. The summed E-state index contributed by atoms with van der Waals surface area (Å²) in [6.07, 6.45) is 1.56. The van der Waals surface area contributed by atoms with Crippen LogP contribution in [-0.2, 0) is 0 Å². The maximum atomic E-state index is 10.9. The van der Waals surface area contributed by atoms with E-state index in [0.717, 1.165) is 25.9 Å². The van der Waals surface area contributed by atoms with Gasteiger partial charge in [-0.15, -0.1) is 0 Å². The minimum atomic E-state index is -1.02. The highest BCUT2D eigenvalue weighted by molar-refractivity contribution is 5.85. The molecule has 0 aromatic carbocycles. The minimum absolute atomic E-state index is 0.0566. The number of rotatable bonds is 2. The second-order valence-corrected chi connectivity index (χ2v) is 4.85. The van der Waals surface area contributed by atoms with Crippen LogP contribution in [0.15, 0.2) is 18.2 Å². The highest BCUT2D eigenvalue weighted by Crippen LogP contribution is 2.31. The van der Waals surface area contributed by atoms with Gasteiger partial charge in [-0.25, -0.2) is 9.78 Å². The largest absolute Gasteiger partial charge is 0.477 e. The number of carboxylic acid groups (broad SMARTS) is 1. The van der Waals surface area contributed by atoms with Gasteiger partial charge in [-0.3, -0.25) is 0 Å². The van der Waals surface area contributed by atoms with Gasteiger partial charge in [-0.1, -0.05) is 6.07 Å². The third-order valence-corrected chi connectivity index (χ3v) is 3.41. The van der Waals surface area contributed by atoms with Gasteiger partial charge in [0, 0.05) is 13.1 Å². The average molecular weight is 245 g/mol. The van der Waals surface area contributed by atoms with E-state index in [4.69, 9.17) is 10.4 Å². The number of pyridine rings is 1. The zero-order chi connectivity index (χ0) is 13.2. The summed E-state index contributed by atoms with van der Waals surface area (Å²) >= 11 is 0. The molecule has 5 nitrogen and oxygen atoms in total. The smallest absolute Gasteiger partial charge is 0.354 e. The van der Waals surface area contributed by atoms with Crippen LogP contribution < -0.4 is 4.90 Å². The Balaban J connectivity index is 2.13. The first-order valence-electron chi connectivity index (χ1n) is 5.91. The molecule has 1 fully saturated rings. The minimum Gasteiger partial charge on any atom is -0.477 e. The summed E-state index contributed by atoms with van der Waals surface area (Å²) in [4.78, 5) is 17.0. The van der Waals surface area contributed by atoms with Crippen molar-refractivity contribution in [3.05, 3.63) is 23.9 Å². The molecule has 1 aliphatic heterocycles. The third-order valence-electron chi connectivity index (χ3n) is 3.41. The number of nitriles is 1. The fourth-order valence-electron chi connectivity index (χ4n) is 2.06. The molecule has 2 rings (SSSR count). The van der Waals surface area contributed by atoms with Gasteiger partial charge in [0.15, 0.2) is 5.69 Å². The van der Waals surface area contributed by atoms with Crippen LogP contribution in [0, 0.1) is 16.7 Å². The molecule has 0 saturated carbocycles. The van der Waals surface area contributed by atoms with Gasteiger partial charge in [-0.05, 0) is 31.9 Å². The first-order valence-corrected chi connectivity index (χ1v) is 5.91. The van der Waals surface area contributed by atoms with Gasteiger partial charge in [-0.2, -0.15) is 5.26 Å². The average Bonchev–Trinajstić information content (AvgIpc) is 2.40. The van der Waals surface area contributed by atoms with Gasteiger partial charge in [0.2, 0.25) is 0 Å². The first kappa shape index (κ1) is 12.4. The summed E-state index contributed by atoms with van der Waals surface area (Å²) in [5.74, 6) is -0.342. The summed E-state index contributed by atoms with van der Waals surface area (Å²) < 4.78 is 0. The molecule has 0 aliphatic carbocycles. The van der Waals surface area contributed by atoms with E-state index in [2.05, 4.69) is 11.1 Å². The van der Waals surface area contributed by atoms with Crippen LogP contribution in [0.3, 0.4) is 0 Å². The number of carbonyl (C=O) groups is 1. The Morgan fingerprint density at radius 1 is 1.50 bits per heavy atom. The highest BCUT2D eigenvalue weighted by atomic mass is 16.4.